The summed E-state index contributed by atoms with van der Waals surface area (Å²) in [5.41, 5.74) is 2.82. The van der Waals surface area contributed by atoms with Crippen molar-refractivity contribution in [2.75, 3.05) is 26.5 Å². The largest absolute Gasteiger partial charge is 0.343 e. The first kappa shape index (κ1) is 31.5. The number of nitrogens with one attached hydrogen (secondary N) is 2. The summed E-state index contributed by atoms with van der Waals surface area (Å²) in [7, 11) is 5.00. The lowest BCUT2D eigenvalue weighted by Crippen LogP contribution is -2.39. The van der Waals surface area contributed by atoms with Crippen molar-refractivity contribution in [2.24, 2.45) is 0 Å². The van der Waals surface area contributed by atoms with Crippen molar-refractivity contribution >= 4 is 33.3 Å². The number of anilines is 1. The van der Waals surface area contributed by atoms with E-state index in [2.05, 4.69) is 25.7 Å². The molecule has 6 aromatic rings. The molecule has 240 valence electrons. The van der Waals surface area contributed by atoms with Crippen LogP contribution in [0.15, 0.2) is 88.8 Å². The summed E-state index contributed by atoms with van der Waals surface area (Å²) < 4.78 is 33.6. The van der Waals surface area contributed by atoms with Gasteiger partial charge < -0.3 is 10.2 Å². The SMILES string of the molecule is CONC(=O)Nc1ccc(-c2sc3c(c2CN(C)C)c(=O)n(-c2ccc(-n4cccn4)cn2)c(=O)n3Cc2c(F)cccc2F)cc1. The first-order chi connectivity index (χ1) is 22.7. The number of hydrogen-bond donors (Lipinski definition) is 2. The Morgan fingerprint density at radius 1 is 1.00 bits per heavy atom. The minimum absolute atomic E-state index is 0.0360. The predicted molar refractivity (Wildman–Crippen MR) is 174 cm³/mol. The Balaban J connectivity index is 1.59. The van der Waals surface area contributed by atoms with Gasteiger partial charge in [0.1, 0.15) is 22.3 Å². The van der Waals surface area contributed by atoms with Crippen molar-refractivity contribution in [1.29, 1.82) is 0 Å². The van der Waals surface area contributed by atoms with Gasteiger partial charge in [-0.05, 0) is 67.7 Å². The van der Waals surface area contributed by atoms with Crippen molar-refractivity contribution in [3.8, 4) is 21.9 Å². The Morgan fingerprint density at radius 2 is 1.74 bits per heavy atom. The molecule has 0 saturated heterocycles. The van der Waals surface area contributed by atoms with Gasteiger partial charge in [0.15, 0.2) is 0 Å². The molecule has 0 aliphatic carbocycles. The second kappa shape index (κ2) is 13.1. The van der Waals surface area contributed by atoms with Gasteiger partial charge in [0.25, 0.3) is 5.56 Å². The standard InChI is InChI=1S/C32H28F2N8O4S/c1-39(2)17-23-27-29(43)42(26-13-12-21(16-35-26)41-15-5-14-36-41)32(45)40(18-22-24(33)6-4-7-25(22)34)30(27)47-28(23)19-8-10-20(11-9-19)37-31(44)38-46-3/h4-16H,17-18H2,1-3H3,(H2,37,38,44). The molecule has 0 saturated carbocycles. The van der Waals surface area contributed by atoms with Crippen LogP contribution in [0.5, 0.6) is 0 Å². The van der Waals surface area contributed by atoms with E-state index in [0.29, 0.717) is 33.9 Å². The number of amides is 2. The molecule has 0 bridgehead atoms. The first-order valence-corrected chi connectivity index (χ1v) is 15.0. The van der Waals surface area contributed by atoms with Crippen LogP contribution in [0.2, 0.25) is 0 Å². The summed E-state index contributed by atoms with van der Waals surface area (Å²) in [6.45, 7) is -0.170. The molecule has 2 aromatic carbocycles. The van der Waals surface area contributed by atoms with Crippen LogP contribution in [0, 0.1) is 11.6 Å². The van der Waals surface area contributed by atoms with Crippen LogP contribution in [0.1, 0.15) is 11.1 Å². The topological polar surface area (TPSA) is 128 Å². The molecule has 2 N–H and O–H groups in total. The van der Waals surface area contributed by atoms with Crippen LogP contribution < -0.4 is 22.0 Å². The van der Waals surface area contributed by atoms with Gasteiger partial charge in [-0.3, -0.25) is 14.2 Å². The van der Waals surface area contributed by atoms with E-state index in [4.69, 9.17) is 0 Å². The molecule has 12 nitrogen and oxygen atoms in total. The van der Waals surface area contributed by atoms with Gasteiger partial charge in [-0.25, -0.2) is 38.1 Å². The summed E-state index contributed by atoms with van der Waals surface area (Å²) in [5.74, 6) is -1.61. The van der Waals surface area contributed by atoms with Gasteiger partial charge in [0.05, 0.1) is 30.9 Å². The fourth-order valence-electron chi connectivity index (χ4n) is 5.17. The fourth-order valence-corrected chi connectivity index (χ4v) is 6.48. The Morgan fingerprint density at radius 3 is 2.36 bits per heavy atom. The van der Waals surface area contributed by atoms with Gasteiger partial charge in [-0.1, -0.05) is 18.2 Å². The molecular weight excluding hydrogens is 630 g/mol. The minimum Gasteiger partial charge on any atom is -0.306 e. The summed E-state index contributed by atoms with van der Waals surface area (Å²) in [6, 6.07) is 14.7. The molecule has 0 radical (unpaired) electrons. The monoisotopic (exact) mass is 658 g/mol. The zero-order valence-corrected chi connectivity index (χ0v) is 26.2. The summed E-state index contributed by atoms with van der Waals surface area (Å²) >= 11 is 1.16. The van der Waals surface area contributed by atoms with Gasteiger partial charge in [0.2, 0.25) is 0 Å². The minimum atomic E-state index is -0.824. The van der Waals surface area contributed by atoms with E-state index in [9.17, 15) is 23.2 Å². The third-order valence-electron chi connectivity index (χ3n) is 7.26. The number of carbonyl (C=O) groups is 1. The van der Waals surface area contributed by atoms with Crippen LogP contribution in [0.3, 0.4) is 0 Å². The smallest absolute Gasteiger partial charge is 0.306 e. The summed E-state index contributed by atoms with van der Waals surface area (Å²) in [5, 5.41) is 7.03. The zero-order chi connectivity index (χ0) is 33.2. The first-order valence-electron chi connectivity index (χ1n) is 14.2. The highest BCUT2D eigenvalue weighted by Gasteiger charge is 2.25. The number of pyridine rings is 1. The number of thiophene rings is 1. The maximum Gasteiger partial charge on any atom is 0.343 e. The zero-order valence-electron chi connectivity index (χ0n) is 25.4. The molecule has 47 heavy (non-hydrogen) atoms. The lowest BCUT2D eigenvalue weighted by molar-refractivity contribution is 0.114. The van der Waals surface area contributed by atoms with Crippen molar-refractivity contribution in [3.63, 3.8) is 0 Å². The lowest BCUT2D eigenvalue weighted by Gasteiger charge is -2.15. The van der Waals surface area contributed by atoms with Crippen molar-refractivity contribution < 1.29 is 18.4 Å². The Labute approximate surface area is 270 Å². The number of hydrogen-bond acceptors (Lipinski definition) is 8. The molecule has 0 aliphatic rings. The van der Waals surface area contributed by atoms with Crippen LogP contribution in [0.25, 0.3) is 32.2 Å². The second-order valence-electron chi connectivity index (χ2n) is 10.7. The normalized spacial score (nSPS) is 11.4. The van der Waals surface area contributed by atoms with E-state index in [1.165, 1.54) is 30.0 Å². The third-order valence-corrected chi connectivity index (χ3v) is 8.56. The second-order valence-corrected chi connectivity index (χ2v) is 11.7. The number of aromatic nitrogens is 5. The van der Waals surface area contributed by atoms with E-state index in [1.54, 1.807) is 53.5 Å². The number of carbonyl (C=O) groups excluding carboxylic acids is 1. The number of hydroxylamine groups is 1. The molecule has 0 atom stereocenters. The Hall–Kier alpha value is -5.51. The van der Waals surface area contributed by atoms with E-state index in [1.807, 2.05) is 19.0 Å². The Bertz CT molecular complexity index is 2170. The lowest BCUT2D eigenvalue weighted by atomic mass is 10.1. The van der Waals surface area contributed by atoms with Crippen molar-refractivity contribution in [1.82, 2.24) is 34.3 Å². The van der Waals surface area contributed by atoms with Gasteiger partial charge in [-0.2, -0.15) is 5.10 Å². The molecule has 4 heterocycles. The third kappa shape index (κ3) is 6.18. The van der Waals surface area contributed by atoms with Crippen LogP contribution >= 0.6 is 11.3 Å². The average Bonchev–Trinajstić information content (AvgIpc) is 3.71. The van der Waals surface area contributed by atoms with Crippen LogP contribution in [-0.2, 0) is 17.9 Å². The molecule has 0 aliphatic heterocycles. The highest BCUT2D eigenvalue weighted by atomic mass is 32.1. The average molecular weight is 659 g/mol. The summed E-state index contributed by atoms with van der Waals surface area (Å²) in [6.07, 6.45) is 4.80. The van der Waals surface area contributed by atoms with Gasteiger partial charge in [-0.15, -0.1) is 11.3 Å². The number of rotatable bonds is 9. The quantitative estimate of drug-likeness (QED) is 0.219. The molecular formula is C32H28F2N8O4S. The molecule has 15 heteroatoms. The number of urea groups is 1. The van der Waals surface area contributed by atoms with Crippen LogP contribution in [0.4, 0.5) is 19.3 Å². The highest BCUT2D eigenvalue weighted by Crippen LogP contribution is 2.38. The number of nitrogens with zero attached hydrogens (tertiary/aromatic N) is 6. The molecule has 0 unspecified atom stereocenters. The molecule has 2 amide bonds. The number of benzene rings is 2. The Kier molecular flexibility index (Phi) is 8.76. The van der Waals surface area contributed by atoms with Gasteiger partial charge >= 0.3 is 11.7 Å². The predicted octanol–water partition coefficient (Wildman–Crippen LogP) is 4.53. The van der Waals surface area contributed by atoms with E-state index in [0.717, 1.165) is 28.0 Å². The van der Waals surface area contributed by atoms with Gasteiger partial charge in [0, 0.05) is 35.1 Å². The van der Waals surface area contributed by atoms with E-state index < -0.39 is 35.5 Å². The summed E-state index contributed by atoms with van der Waals surface area (Å²) in [4.78, 5) is 52.3. The number of halogens is 2. The van der Waals surface area contributed by atoms with E-state index >= 15 is 0 Å². The fraction of sp³-hybridized carbons (Fsp3) is 0.156. The maximum absolute atomic E-state index is 15.0. The molecule has 0 fully saturated rings. The molecule has 4 aromatic heterocycles. The van der Waals surface area contributed by atoms with Crippen molar-refractivity contribution in [3.05, 3.63) is 123 Å². The number of fused-ring (bicyclic) bond motifs is 1. The van der Waals surface area contributed by atoms with E-state index in [-0.39, 0.29) is 21.6 Å². The molecule has 6 rings (SSSR count). The van der Waals surface area contributed by atoms with Crippen molar-refractivity contribution in [2.45, 2.75) is 13.1 Å². The highest BCUT2D eigenvalue weighted by molar-refractivity contribution is 7.22. The molecule has 0 spiro atoms. The maximum atomic E-state index is 15.0. The van der Waals surface area contributed by atoms with Crippen LogP contribution in [-0.4, -0.2) is 56.0 Å².